The van der Waals surface area contributed by atoms with Crippen molar-refractivity contribution in [3.8, 4) is 0 Å². The van der Waals surface area contributed by atoms with Gasteiger partial charge in [-0.1, -0.05) is 11.3 Å². The minimum absolute atomic E-state index is 0.0565. The maximum atomic E-state index is 11.9. The summed E-state index contributed by atoms with van der Waals surface area (Å²) in [5.74, 6) is 0.878. The van der Waals surface area contributed by atoms with Gasteiger partial charge in [0.05, 0.1) is 22.1 Å². The number of thiazole rings is 1. The van der Waals surface area contributed by atoms with Crippen molar-refractivity contribution in [1.29, 1.82) is 0 Å². The maximum Gasteiger partial charge on any atom is 0.305 e. The number of aryl methyl sites for hydroxylation is 1. The van der Waals surface area contributed by atoms with Gasteiger partial charge in [-0.15, -0.1) is 11.3 Å². The number of nitrogens with zero attached hydrogens (tertiary/aromatic N) is 3. The molecule has 1 aromatic carbocycles. The van der Waals surface area contributed by atoms with Crippen LogP contribution in [0.4, 0.5) is 11.5 Å². The van der Waals surface area contributed by atoms with E-state index < -0.39 is 0 Å². The van der Waals surface area contributed by atoms with E-state index in [-0.39, 0.29) is 16.8 Å². The maximum absolute atomic E-state index is 11.9. The first-order valence-electron chi connectivity index (χ1n) is 10.1. The number of nitrogens with one attached hydrogen (secondary N) is 3. The van der Waals surface area contributed by atoms with Gasteiger partial charge in [0.1, 0.15) is 17.0 Å². The van der Waals surface area contributed by atoms with E-state index in [9.17, 15) is 9.59 Å². The molecule has 4 aromatic rings. The smallest absolute Gasteiger partial charge is 0.305 e. The first-order valence-corrected chi connectivity index (χ1v) is 11.7. The zero-order valence-electron chi connectivity index (χ0n) is 17.2. The van der Waals surface area contributed by atoms with Gasteiger partial charge in [-0.2, -0.15) is 0 Å². The lowest BCUT2D eigenvalue weighted by molar-refractivity contribution is -0.127. The lowest BCUT2D eigenvalue weighted by atomic mass is 9.93. The molecule has 3 N–H and O–H groups in total. The molecule has 1 atom stereocenters. The highest BCUT2D eigenvalue weighted by molar-refractivity contribution is 7.19. The quantitative estimate of drug-likeness (QED) is 0.429. The molecule has 0 fully saturated rings. The molecule has 0 spiro atoms. The number of carbonyl (C=O) groups is 1. The molecule has 5 rings (SSSR count). The van der Waals surface area contributed by atoms with Crippen molar-refractivity contribution < 1.29 is 4.79 Å². The van der Waals surface area contributed by atoms with Crippen LogP contribution < -0.4 is 15.5 Å². The Morgan fingerprint density at radius 1 is 1.29 bits per heavy atom. The zero-order chi connectivity index (χ0) is 21.5. The SMILES string of the molecule is CN(C)C(=O)CNC1CCc2c(sc3ncnc(Nc4ccc5[nH]c(=O)sc5c4)c23)C1. The Morgan fingerprint density at radius 3 is 3.00 bits per heavy atom. The predicted octanol–water partition coefficient (Wildman–Crippen LogP) is 2.87. The second-order valence-corrected chi connectivity index (χ2v) is 9.96. The molecular formula is C21H22N6O2S2. The number of aromatic nitrogens is 3. The van der Waals surface area contributed by atoms with Gasteiger partial charge in [0, 0.05) is 30.7 Å². The average Bonchev–Trinajstić information content (AvgIpc) is 3.30. The summed E-state index contributed by atoms with van der Waals surface area (Å²) in [5.41, 5.74) is 3.03. The molecule has 1 aliphatic carbocycles. The highest BCUT2D eigenvalue weighted by atomic mass is 32.1. The second-order valence-electron chi connectivity index (χ2n) is 7.87. The van der Waals surface area contributed by atoms with Crippen LogP contribution in [0.2, 0.25) is 0 Å². The zero-order valence-corrected chi connectivity index (χ0v) is 18.8. The molecule has 8 nitrogen and oxygen atoms in total. The van der Waals surface area contributed by atoms with Crippen LogP contribution in [0.1, 0.15) is 16.9 Å². The van der Waals surface area contributed by atoms with Crippen LogP contribution in [0.15, 0.2) is 29.3 Å². The number of anilines is 2. The number of H-pyrrole nitrogens is 1. The minimum atomic E-state index is -0.0565. The lowest BCUT2D eigenvalue weighted by Crippen LogP contribution is -2.41. The Hall–Kier alpha value is -2.82. The standard InChI is InChI=1S/C21H22N6O2S2/c1-27(2)17(28)9-22-11-3-5-13-15(7-11)30-20-18(13)19(23-10-24-20)25-12-4-6-14-16(8-12)31-21(29)26-14/h4,6,8,10-11,22H,3,5,7,9H2,1-2H3,(H,26,29)(H,23,24,25). The molecule has 0 saturated carbocycles. The predicted molar refractivity (Wildman–Crippen MR) is 126 cm³/mol. The lowest BCUT2D eigenvalue weighted by Gasteiger charge is -2.24. The van der Waals surface area contributed by atoms with Crippen molar-refractivity contribution >= 4 is 60.5 Å². The molecule has 3 aromatic heterocycles. The van der Waals surface area contributed by atoms with E-state index in [2.05, 4.69) is 25.6 Å². The second kappa shape index (κ2) is 8.03. The number of hydrogen-bond acceptors (Lipinski definition) is 8. The number of thiophene rings is 1. The number of hydrogen-bond donors (Lipinski definition) is 3. The van der Waals surface area contributed by atoms with Crippen LogP contribution in [-0.4, -0.2) is 52.4 Å². The number of fused-ring (bicyclic) bond motifs is 4. The van der Waals surface area contributed by atoms with Crippen molar-refractivity contribution in [2.75, 3.05) is 26.0 Å². The fourth-order valence-electron chi connectivity index (χ4n) is 3.93. The molecule has 160 valence electrons. The van der Waals surface area contributed by atoms with Crippen molar-refractivity contribution in [3.63, 3.8) is 0 Å². The van der Waals surface area contributed by atoms with E-state index in [1.165, 1.54) is 21.8 Å². The van der Waals surface area contributed by atoms with Gasteiger partial charge >= 0.3 is 4.87 Å². The van der Waals surface area contributed by atoms with Crippen LogP contribution >= 0.6 is 22.7 Å². The first kappa shape index (κ1) is 20.1. The van der Waals surface area contributed by atoms with Gasteiger partial charge in [-0.25, -0.2) is 9.97 Å². The first-order chi connectivity index (χ1) is 15.0. The number of benzene rings is 1. The van der Waals surface area contributed by atoms with Gasteiger partial charge < -0.3 is 20.5 Å². The molecule has 0 aliphatic heterocycles. The van der Waals surface area contributed by atoms with E-state index in [0.717, 1.165) is 51.2 Å². The van der Waals surface area contributed by atoms with E-state index in [1.807, 2.05) is 18.2 Å². The third kappa shape index (κ3) is 3.93. The molecule has 0 bridgehead atoms. The van der Waals surface area contributed by atoms with Gasteiger partial charge in [0.25, 0.3) is 0 Å². The average molecular weight is 455 g/mol. The Kier molecular flexibility index (Phi) is 5.20. The third-order valence-electron chi connectivity index (χ3n) is 5.57. The normalized spacial score (nSPS) is 15.9. The van der Waals surface area contributed by atoms with Gasteiger partial charge in [-0.3, -0.25) is 9.59 Å². The number of amides is 1. The summed E-state index contributed by atoms with van der Waals surface area (Å²) in [6, 6.07) is 6.10. The van der Waals surface area contributed by atoms with E-state index in [0.29, 0.717) is 6.54 Å². The van der Waals surface area contributed by atoms with Crippen LogP contribution in [0, 0.1) is 0 Å². The molecule has 10 heteroatoms. The Bertz CT molecular complexity index is 1340. The van der Waals surface area contributed by atoms with E-state index >= 15 is 0 Å². The summed E-state index contributed by atoms with van der Waals surface area (Å²) < 4.78 is 0.911. The fraction of sp³-hybridized carbons (Fsp3) is 0.333. The number of likely N-dealkylation sites (N-methyl/N-ethyl adjacent to an activating group) is 1. The minimum Gasteiger partial charge on any atom is -0.348 e. The molecular weight excluding hydrogens is 432 g/mol. The largest absolute Gasteiger partial charge is 0.348 e. The molecule has 0 saturated heterocycles. The van der Waals surface area contributed by atoms with Gasteiger partial charge in [0.15, 0.2) is 0 Å². The highest BCUT2D eigenvalue weighted by Crippen LogP contribution is 2.39. The summed E-state index contributed by atoms with van der Waals surface area (Å²) in [4.78, 5) is 39.2. The number of rotatable bonds is 5. The van der Waals surface area contributed by atoms with Gasteiger partial charge in [0.2, 0.25) is 5.91 Å². The molecule has 1 aliphatic rings. The van der Waals surface area contributed by atoms with Crippen molar-refractivity contribution in [2.24, 2.45) is 0 Å². The van der Waals surface area contributed by atoms with Crippen molar-refractivity contribution in [1.82, 2.24) is 25.2 Å². The molecule has 3 heterocycles. The Balaban J connectivity index is 1.41. The van der Waals surface area contributed by atoms with Crippen LogP contribution in [-0.2, 0) is 17.6 Å². The molecule has 0 radical (unpaired) electrons. The summed E-state index contributed by atoms with van der Waals surface area (Å²) in [6.45, 7) is 0.359. The van der Waals surface area contributed by atoms with E-state index in [1.54, 1.807) is 36.7 Å². The Morgan fingerprint density at radius 2 is 2.16 bits per heavy atom. The van der Waals surface area contributed by atoms with Crippen molar-refractivity contribution in [2.45, 2.75) is 25.3 Å². The summed E-state index contributed by atoms with van der Waals surface area (Å²) in [6.07, 6.45) is 4.37. The van der Waals surface area contributed by atoms with E-state index in [4.69, 9.17) is 0 Å². The van der Waals surface area contributed by atoms with Crippen LogP contribution in [0.5, 0.6) is 0 Å². The van der Waals surface area contributed by atoms with Crippen molar-refractivity contribution in [3.05, 3.63) is 44.6 Å². The summed E-state index contributed by atoms with van der Waals surface area (Å²) in [7, 11) is 3.55. The number of carbonyl (C=O) groups excluding carboxylic acids is 1. The Labute approximate surface area is 186 Å². The summed E-state index contributed by atoms with van der Waals surface area (Å²) in [5, 5.41) is 7.90. The van der Waals surface area contributed by atoms with Gasteiger partial charge in [-0.05, 0) is 43.0 Å². The number of aromatic amines is 1. The fourth-order valence-corrected chi connectivity index (χ4v) is 5.97. The monoisotopic (exact) mass is 454 g/mol. The molecule has 1 unspecified atom stereocenters. The summed E-state index contributed by atoms with van der Waals surface area (Å²) >= 11 is 2.90. The molecule has 31 heavy (non-hydrogen) atoms. The third-order valence-corrected chi connectivity index (χ3v) is 7.58. The van der Waals surface area contributed by atoms with Crippen LogP contribution in [0.3, 0.4) is 0 Å². The highest BCUT2D eigenvalue weighted by Gasteiger charge is 2.25. The van der Waals surface area contributed by atoms with Crippen LogP contribution in [0.25, 0.3) is 20.4 Å². The topological polar surface area (TPSA) is 103 Å². The molecule has 1 amide bonds.